The fourth-order valence-electron chi connectivity index (χ4n) is 2.98. The summed E-state index contributed by atoms with van der Waals surface area (Å²) in [6, 6.07) is 26.4. The number of hydrogen-bond acceptors (Lipinski definition) is 1. The molecule has 2 nitrogen and oxygen atoms in total. The Hall–Kier alpha value is -2.07. The molecule has 2 N–H and O–H groups in total. The minimum atomic E-state index is 0.313. The maximum atomic E-state index is 6.04. The summed E-state index contributed by atoms with van der Waals surface area (Å²) in [4.78, 5) is 0. The zero-order valence-corrected chi connectivity index (χ0v) is 17.0. The van der Waals surface area contributed by atoms with E-state index in [0.29, 0.717) is 21.1 Å². The van der Waals surface area contributed by atoms with E-state index in [4.69, 9.17) is 35.4 Å². The van der Waals surface area contributed by atoms with E-state index < -0.39 is 0 Å². The first-order chi connectivity index (χ1) is 13.1. The molecule has 0 bridgehead atoms. The second kappa shape index (κ2) is 9.75. The highest BCUT2D eigenvalue weighted by Crippen LogP contribution is 2.27. The van der Waals surface area contributed by atoms with Gasteiger partial charge in [0.05, 0.1) is 10.0 Å². The SMILES string of the molecule is S=C(NCCC(c1ccccc1)c1ccccc1)Nc1ccc(Cl)c(Cl)c1. The Balaban J connectivity index is 1.60. The lowest BCUT2D eigenvalue weighted by atomic mass is 9.88. The number of halogens is 2. The highest BCUT2D eigenvalue weighted by Gasteiger charge is 2.13. The molecule has 0 amide bonds. The Bertz CT molecular complexity index is 846. The molecular weight excluding hydrogens is 395 g/mol. The molecule has 0 unspecified atom stereocenters. The Labute approximate surface area is 175 Å². The molecule has 0 aliphatic rings. The lowest BCUT2D eigenvalue weighted by Crippen LogP contribution is -2.30. The third kappa shape index (κ3) is 5.70. The zero-order chi connectivity index (χ0) is 19.1. The van der Waals surface area contributed by atoms with Gasteiger partial charge in [0.2, 0.25) is 0 Å². The second-order valence-electron chi connectivity index (χ2n) is 6.17. The van der Waals surface area contributed by atoms with E-state index in [1.807, 2.05) is 18.2 Å². The number of thiocarbonyl (C=S) groups is 1. The van der Waals surface area contributed by atoms with Gasteiger partial charge in [-0.25, -0.2) is 0 Å². The van der Waals surface area contributed by atoms with Crippen LogP contribution in [0.15, 0.2) is 78.9 Å². The number of rotatable bonds is 6. The summed E-state index contributed by atoms with van der Waals surface area (Å²) >= 11 is 17.4. The van der Waals surface area contributed by atoms with Crippen LogP contribution in [-0.4, -0.2) is 11.7 Å². The first kappa shape index (κ1) is 19.7. The van der Waals surface area contributed by atoms with Crippen molar-refractivity contribution in [2.75, 3.05) is 11.9 Å². The van der Waals surface area contributed by atoms with Gasteiger partial charge in [0.15, 0.2) is 5.11 Å². The van der Waals surface area contributed by atoms with Gasteiger partial charge in [-0.05, 0) is 48.0 Å². The third-order valence-corrected chi connectivity index (χ3v) is 5.29. The van der Waals surface area contributed by atoms with E-state index in [2.05, 4.69) is 59.2 Å². The number of nitrogens with one attached hydrogen (secondary N) is 2. The van der Waals surface area contributed by atoms with E-state index in [9.17, 15) is 0 Å². The maximum absolute atomic E-state index is 6.04. The quantitative estimate of drug-likeness (QED) is 0.449. The number of hydrogen-bond donors (Lipinski definition) is 2. The van der Waals surface area contributed by atoms with Crippen molar-refractivity contribution in [1.29, 1.82) is 0 Å². The van der Waals surface area contributed by atoms with Crippen molar-refractivity contribution in [2.24, 2.45) is 0 Å². The predicted molar refractivity (Wildman–Crippen MR) is 120 cm³/mol. The molecule has 0 saturated heterocycles. The molecule has 138 valence electrons. The number of anilines is 1. The van der Waals surface area contributed by atoms with Crippen LogP contribution in [0.5, 0.6) is 0 Å². The van der Waals surface area contributed by atoms with Crippen LogP contribution >= 0.6 is 35.4 Å². The zero-order valence-electron chi connectivity index (χ0n) is 14.7. The molecule has 0 aliphatic carbocycles. The van der Waals surface area contributed by atoms with Crippen LogP contribution in [0.25, 0.3) is 0 Å². The van der Waals surface area contributed by atoms with Crippen molar-refractivity contribution < 1.29 is 0 Å². The number of benzene rings is 3. The van der Waals surface area contributed by atoms with E-state index in [0.717, 1.165) is 18.7 Å². The van der Waals surface area contributed by atoms with Gasteiger partial charge in [-0.1, -0.05) is 83.9 Å². The maximum Gasteiger partial charge on any atom is 0.170 e. The molecule has 5 heteroatoms. The van der Waals surface area contributed by atoms with Gasteiger partial charge in [0.25, 0.3) is 0 Å². The van der Waals surface area contributed by atoms with Crippen molar-refractivity contribution in [3.8, 4) is 0 Å². The van der Waals surface area contributed by atoms with Gasteiger partial charge >= 0.3 is 0 Å². The summed E-state index contributed by atoms with van der Waals surface area (Å²) < 4.78 is 0. The van der Waals surface area contributed by atoms with Crippen LogP contribution in [0.2, 0.25) is 10.0 Å². The summed E-state index contributed by atoms with van der Waals surface area (Å²) in [5.74, 6) is 0.313. The summed E-state index contributed by atoms with van der Waals surface area (Å²) in [7, 11) is 0. The van der Waals surface area contributed by atoms with Crippen molar-refractivity contribution in [1.82, 2.24) is 5.32 Å². The summed E-state index contributed by atoms with van der Waals surface area (Å²) in [6.45, 7) is 0.752. The van der Waals surface area contributed by atoms with Crippen LogP contribution in [0.1, 0.15) is 23.5 Å². The summed E-state index contributed by atoms with van der Waals surface area (Å²) in [5.41, 5.74) is 3.41. The molecule has 0 heterocycles. The average molecular weight is 415 g/mol. The smallest absolute Gasteiger partial charge is 0.170 e. The Morgan fingerprint density at radius 3 is 1.96 bits per heavy atom. The van der Waals surface area contributed by atoms with Gasteiger partial charge in [0, 0.05) is 18.2 Å². The molecule has 3 aromatic carbocycles. The molecule has 0 aromatic heterocycles. The Morgan fingerprint density at radius 2 is 1.41 bits per heavy atom. The normalized spacial score (nSPS) is 10.6. The standard InChI is InChI=1S/C22H20Cl2N2S/c23-20-12-11-18(15-21(20)24)26-22(27)25-14-13-19(16-7-3-1-4-8-16)17-9-5-2-6-10-17/h1-12,15,19H,13-14H2,(H2,25,26,27). The first-order valence-corrected chi connectivity index (χ1v) is 9.89. The average Bonchev–Trinajstić information content (AvgIpc) is 2.69. The van der Waals surface area contributed by atoms with Crippen LogP contribution in [0, 0.1) is 0 Å². The van der Waals surface area contributed by atoms with Crippen LogP contribution < -0.4 is 10.6 Å². The fourth-order valence-corrected chi connectivity index (χ4v) is 3.49. The molecule has 3 aromatic rings. The molecular formula is C22H20Cl2N2S. The van der Waals surface area contributed by atoms with Gasteiger partial charge in [-0.3, -0.25) is 0 Å². The predicted octanol–water partition coefficient (Wildman–Crippen LogP) is 6.50. The van der Waals surface area contributed by atoms with Gasteiger partial charge in [0.1, 0.15) is 0 Å². The van der Waals surface area contributed by atoms with E-state index in [1.54, 1.807) is 12.1 Å². The van der Waals surface area contributed by atoms with Gasteiger partial charge in [-0.15, -0.1) is 0 Å². The minimum absolute atomic E-state index is 0.313. The van der Waals surface area contributed by atoms with Crippen molar-refractivity contribution in [3.63, 3.8) is 0 Å². The molecule has 0 spiro atoms. The highest BCUT2D eigenvalue weighted by atomic mass is 35.5. The molecule has 0 aliphatic heterocycles. The van der Waals surface area contributed by atoms with E-state index in [1.165, 1.54) is 11.1 Å². The molecule has 3 rings (SSSR count). The molecule has 0 saturated carbocycles. The van der Waals surface area contributed by atoms with Crippen molar-refractivity contribution in [3.05, 3.63) is 100 Å². The topological polar surface area (TPSA) is 24.1 Å². The Morgan fingerprint density at radius 1 is 0.815 bits per heavy atom. The summed E-state index contributed by atoms with van der Waals surface area (Å²) in [6.07, 6.45) is 0.928. The van der Waals surface area contributed by atoms with Crippen molar-refractivity contribution in [2.45, 2.75) is 12.3 Å². The second-order valence-corrected chi connectivity index (χ2v) is 7.40. The van der Waals surface area contributed by atoms with Gasteiger partial charge in [-0.2, -0.15) is 0 Å². The monoisotopic (exact) mass is 414 g/mol. The largest absolute Gasteiger partial charge is 0.362 e. The van der Waals surface area contributed by atoms with E-state index in [-0.39, 0.29) is 0 Å². The Kier molecular flexibility index (Phi) is 7.11. The minimum Gasteiger partial charge on any atom is -0.362 e. The summed E-state index contributed by atoms with van der Waals surface area (Å²) in [5, 5.41) is 8.00. The fraction of sp³-hybridized carbons (Fsp3) is 0.136. The lowest BCUT2D eigenvalue weighted by Gasteiger charge is -2.19. The highest BCUT2D eigenvalue weighted by molar-refractivity contribution is 7.80. The molecule has 0 atom stereocenters. The third-order valence-electron chi connectivity index (χ3n) is 4.30. The molecule has 0 fully saturated rings. The van der Waals surface area contributed by atoms with Gasteiger partial charge < -0.3 is 10.6 Å². The lowest BCUT2D eigenvalue weighted by molar-refractivity contribution is 0.694. The molecule has 27 heavy (non-hydrogen) atoms. The van der Waals surface area contributed by atoms with Crippen molar-refractivity contribution >= 4 is 46.2 Å². The van der Waals surface area contributed by atoms with E-state index >= 15 is 0 Å². The molecule has 0 radical (unpaired) electrons. The first-order valence-electron chi connectivity index (χ1n) is 8.73. The van der Waals surface area contributed by atoms with Crippen LogP contribution in [0.3, 0.4) is 0 Å². The van der Waals surface area contributed by atoms with Crippen LogP contribution in [-0.2, 0) is 0 Å². The van der Waals surface area contributed by atoms with Crippen LogP contribution in [0.4, 0.5) is 5.69 Å².